The normalized spacial score (nSPS) is 20.8. The molecule has 0 unspecified atom stereocenters. The Morgan fingerprint density at radius 1 is 1.75 bits per heavy atom. The third-order valence-corrected chi connectivity index (χ3v) is 2.02. The van der Waals surface area contributed by atoms with Crippen LogP contribution in [0.2, 0.25) is 0 Å². The summed E-state index contributed by atoms with van der Waals surface area (Å²) in [6.45, 7) is 1.32. The van der Waals surface area contributed by atoms with Crippen LogP contribution in [0.25, 0.3) is 10.4 Å². The third-order valence-electron chi connectivity index (χ3n) is 2.02. The zero-order chi connectivity index (χ0) is 9.14. The van der Waals surface area contributed by atoms with Crippen molar-refractivity contribution < 1.29 is 9.90 Å². The fourth-order valence-corrected chi connectivity index (χ4v) is 1.14. The van der Waals surface area contributed by atoms with E-state index in [1.165, 1.54) is 6.92 Å². The van der Waals surface area contributed by atoms with Crippen molar-refractivity contribution in [3.05, 3.63) is 10.4 Å². The number of carbonyl (C=O) groups excluding carboxylic acids is 1. The van der Waals surface area contributed by atoms with Gasteiger partial charge in [0.1, 0.15) is 11.8 Å². The molecule has 1 aliphatic carbocycles. The summed E-state index contributed by atoms with van der Waals surface area (Å²) in [5.74, 6) is -0.114. The second-order valence-corrected chi connectivity index (χ2v) is 3.09. The van der Waals surface area contributed by atoms with Gasteiger partial charge in [-0.15, -0.1) is 0 Å². The van der Waals surface area contributed by atoms with E-state index < -0.39 is 12.1 Å². The molecule has 0 aromatic carbocycles. The van der Waals surface area contributed by atoms with Crippen LogP contribution in [0.15, 0.2) is 5.11 Å². The van der Waals surface area contributed by atoms with Crippen molar-refractivity contribution in [1.82, 2.24) is 0 Å². The van der Waals surface area contributed by atoms with E-state index >= 15 is 0 Å². The van der Waals surface area contributed by atoms with E-state index in [4.69, 9.17) is 5.53 Å². The van der Waals surface area contributed by atoms with Gasteiger partial charge < -0.3 is 5.11 Å². The molecule has 0 aromatic heterocycles. The summed E-state index contributed by atoms with van der Waals surface area (Å²) < 4.78 is 0. The number of azide groups is 1. The highest BCUT2D eigenvalue weighted by molar-refractivity contribution is 5.82. The summed E-state index contributed by atoms with van der Waals surface area (Å²) in [6.07, 6.45) is 1.07. The van der Waals surface area contributed by atoms with Gasteiger partial charge in [0.05, 0.1) is 6.10 Å². The molecule has 0 saturated heterocycles. The summed E-state index contributed by atoms with van der Waals surface area (Å²) in [6, 6.07) is -0.887. The van der Waals surface area contributed by atoms with Gasteiger partial charge in [0.25, 0.3) is 0 Å². The third kappa shape index (κ3) is 1.96. The molecule has 0 aromatic rings. The van der Waals surface area contributed by atoms with Crippen LogP contribution in [0.5, 0.6) is 0 Å². The summed E-state index contributed by atoms with van der Waals surface area (Å²) in [4.78, 5) is 13.4. The first kappa shape index (κ1) is 9.03. The van der Waals surface area contributed by atoms with E-state index in [2.05, 4.69) is 10.0 Å². The lowest BCUT2D eigenvalue weighted by Crippen LogP contribution is -2.31. The quantitative estimate of drug-likeness (QED) is 0.387. The number of hydrogen-bond donors (Lipinski definition) is 1. The van der Waals surface area contributed by atoms with Crippen molar-refractivity contribution in [3.8, 4) is 0 Å². The molecule has 0 bridgehead atoms. The van der Waals surface area contributed by atoms with Gasteiger partial charge in [-0.2, -0.15) is 0 Å². The number of carbonyl (C=O) groups is 1. The van der Waals surface area contributed by atoms with E-state index in [9.17, 15) is 9.90 Å². The Kier molecular flexibility index (Phi) is 2.68. The van der Waals surface area contributed by atoms with Crippen molar-refractivity contribution in [1.29, 1.82) is 0 Å². The number of Topliss-reactive ketones (excluding diaryl/α,β-unsaturated/α-hetero) is 1. The van der Waals surface area contributed by atoms with E-state index in [1.54, 1.807) is 0 Å². The van der Waals surface area contributed by atoms with Crippen LogP contribution < -0.4 is 0 Å². The minimum absolute atomic E-state index is 0.157. The first-order chi connectivity index (χ1) is 5.66. The molecular weight excluding hydrogens is 158 g/mol. The van der Waals surface area contributed by atoms with Crippen LogP contribution in [0, 0.1) is 5.92 Å². The van der Waals surface area contributed by atoms with Crippen LogP contribution in [0.4, 0.5) is 0 Å². The Bertz CT molecular complexity index is 229. The molecule has 1 fully saturated rings. The van der Waals surface area contributed by atoms with Gasteiger partial charge in [0.15, 0.2) is 0 Å². The standard InChI is InChI=1S/C7H11N3O2/c1-4(11)6(9-10-8)7(12)5-2-3-5/h5-7,12H,2-3H2,1H3/t6-,7+/m1/s1. The van der Waals surface area contributed by atoms with Gasteiger partial charge in [0.2, 0.25) is 0 Å². The Balaban J connectivity index is 2.62. The predicted molar refractivity (Wildman–Crippen MR) is 42.3 cm³/mol. The molecule has 0 aliphatic heterocycles. The fraction of sp³-hybridized carbons (Fsp3) is 0.857. The minimum Gasteiger partial charge on any atom is -0.392 e. The average molecular weight is 169 g/mol. The average Bonchev–Trinajstić information content (AvgIpc) is 2.80. The Labute approximate surface area is 70.0 Å². The Hall–Kier alpha value is -1.06. The molecule has 0 amide bonds. The summed E-state index contributed by atoms with van der Waals surface area (Å²) >= 11 is 0. The zero-order valence-electron chi connectivity index (χ0n) is 6.84. The van der Waals surface area contributed by atoms with Crippen LogP contribution in [0.1, 0.15) is 19.8 Å². The van der Waals surface area contributed by atoms with Gasteiger partial charge in [-0.25, -0.2) is 0 Å². The Morgan fingerprint density at radius 3 is 2.67 bits per heavy atom. The van der Waals surface area contributed by atoms with Crippen molar-refractivity contribution in [2.45, 2.75) is 31.9 Å². The molecule has 0 heterocycles. The number of aliphatic hydroxyl groups excluding tert-OH is 1. The summed E-state index contributed by atoms with van der Waals surface area (Å²) in [5.41, 5.74) is 8.13. The highest BCUT2D eigenvalue weighted by Crippen LogP contribution is 2.34. The van der Waals surface area contributed by atoms with Crippen LogP contribution in [0.3, 0.4) is 0 Å². The first-order valence-corrected chi connectivity index (χ1v) is 3.89. The summed E-state index contributed by atoms with van der Waals surface area (Å²) in [7, 11) is 0. The molecule has 12 heavy (non-hydrogen) atoms. The highest BCUT2D eigenvalue weighted by Gasteiger charge is 2.36. The van der Waals surface area contributed by atoms with Gasteiger partial charge in [-0.3, -0.25) is 4.79 Å². The van der Waals surface area contributed by atoms with E-state index in [0.717, 1.165) is 12.8 Å². The zero-order valence-corrected chi connectivity index (χ0v) is 6.84. The van der Waals surface area contributed by atoms with Gasteiger partial charge in [-0.05, 0) is 31.2 Å². The monoisotopic (exact) mass is 169 g/mol. The number of ketones is 1. The maximum Gasteiger partial charge on any atom is 0.141 e. The SMILES string of the molecule is CC(=O)[C@@H](N=[N+]=[N-])[C@@H](O)C1CC1. The molecule has 0 spiro atoms. The highest BCUT2D eigenvalue weighted by atomic mass is 16.3. The molecule has 1 saturated carbocycles. The van der Waals surface area contributed by atoms with Crippen LogP contribution in [-0.2, 0) is 4.79 Å². The molecule has 1 N–H and O–H groups in total. The molecule has 1 rings (SSSR count). The van der Waals surface area contributed by atoms with E-state index in [0.29, 0.717) is 0 Å². The lowest BCUT2D eigenvalue weighted by molar-refractivity contribution is -0.120. The molecule has 5 heteroatoms. The number of rotatable bonds is 4. The molecule has 66 valence electrons. The van der Waals surface area contributed by atoms with Crippen molar-refractivity contribution in [2.75, 3.05) is 0 Å². The van der Waals surface area contributed by atoms with E-state index in [1.807, 2.05) is 0 Å². The van der Waals surface area contributed by atoms with E-state index in [-0.39, 0.29) is 11.7 Å². The fourth-order valence-electron chi connectivity index (χ4n) is 1.14. The number of nitrogens with zero attached hydrogens (tertiary/aromatic N) is 3. The minimum atomic E-state index is -0.887. The predicted octanol–water partition coefficient (Wildman–Crippen LogP) is 1.03. The smallest absolute Gasteiger partial charge is 0.141 e. The van der Waals surface area contributed by atoms with Crippen molar-refractivity contribution in [3.63, 3.8) is 0 Å². The topological polar surface area (TPSA) is 86.1 Å². The van der Waals surface area contributed by atoms with Crippen LogP contribution >= 0.6 is 0 Å². The lowest BCUT2D eigenvalue weighted by atomic mass is 10.0. The van der Waals surface area contributed by atoms with Gasteiger partial charge in [-0.1, -0.05) is 5.11 Å². The second kappa shape index (κ2) is 3.56. The maximum absolute atomic E-state index is 10.9. The largest absolute Gasteiger partial charge is 0.392 e. The number of aliphatic hydroxyl groups is 1. The lowest BCUT2D eigenvalue weighted by Gasteiger charge is -2.13. The molecular formula is C7H11N3O2. The van der Waals surface area contributed by atoms with Crippen LogP contribution in [-0.4, -0.2) is 23.0 Å². The van der Waals surface area contributed by atoms with Crippen molar-refractivity contribution >= 4 is 5.78 Å². The maximum atomic E-state index is 10.9. The first-order valence-electron chi connectivity index (χ1n) is 3.89. The molecule has 1 aliphatic rings. The van der Waals surface area contributed by atoms with Gasteiger partial charge in [0, 0.05) is 4.91 Å². The number of hydrogen-bond acceptors (Lipinski definition) is 3. The molecule has 0 radical (unpaired) electrons. The van der Waals surface area contributed by atoms with Gasteiger partial charge >= 0.3 is 0 Å². The second-order valence-electron chi connectivity index (χ2n) is 3.09. The molecule has 2 atom stereocenters. The summed E-state index contributed by atoms with van der Waals surface area (Å²) in [5, 5.41) is 12.7. The Morgan fingerprint density at radius 2 is 2.33 bits per heavy atom. The van der Waals surface area contributed by atoms with Crippen molar-refractivity contribution in [2.24, 2.45) is 11.0 Å². The molecule has 5 nitrogen and oxygen atoms in total.